The van der Waals surface area contributed by atoms with E-state index in [4.69, 9.17) is 10.5 Å². The Hall–Kier alpha value is -2.88. The van der Waals surface area contributed by atoms with Crippen molar-refractivity contribution in [2.75, 3.05) is 20.7 Å². The van der Waals surface area contributed by atoms with E-state index in [1.807, 2.05) is 6.07 Å². The molecule has 4 unspecified atom stereocenters. The van der Waals surface area contributed by atoms with E-state index in [-0.39, 0.29) is 30.2 Å². The van der Waals surface area contributed by atoms with Crippen LogP contribution in [0.15, 0.2) is 35.1 Å². The van der Waals surface area contributed by atoms with E-state index in [0.717, 1.165) is 5.56 Å². The number of carbonyl (C=O) groups excluding carboxylic acids is 3. The van der Waals surface area contributed by atoms with Crippen molar-refractivity contribution in [2.24, 2.45) is 17.6 Å². The number of ether oxygens (including phenoxy) is 1. The number of rotatable bonds is 4. The highest BCUT2D eigenvalue weighted by Crippen LogP contribution is 2.52. The zero-order valence-corrected chi connectivity index (χ0v) is 19.3. The van der Waals surface area contributed by atoms with Gasteiger partial charge >= 0.3 is 0 Å². The molecule has 3 aliphatic rings. The van der Waals surface area contributed by atoms with Gasteiger partial charge in [-0.3, -0.25) is 19.3 Å². The van der Waals surface area contributed by atoms with E-state index in [2.05, 4.69) is 0 Å². The maximum absolute atomic E-state index is 13.7. The molecule has 178 valence electrons. The van der Waals surface area contributed by atoms with Crippen LogP contribution in [0.3, 0.4) is 0 Å². The third-order valence-electron chi connectivity index (χ3n) is 6.74. The third-order valence-corrected chi connectivity index (χ3v) is 6.74. The second-order valence-corrected chi connectivity index (χ2v) is 8.68. The second kappa shape index (κ2) is 8.48. The summed E-state index contributed by atoms with van der Waals surface area (Å²) in [7, 11) is 3.17. The number of nitrogens with zero attached hydrogens (tertiary/aromatic N) is 1. The first kappa shape index (κ1) is 24.8. The van der Waals surface area contributed by atoms with Crippen LogP contribution >= 0.6 is 12.4 Å². The van der Waals surface area contributed by atoms with Crippen molar-refractivity contribution in [3.8, 4) is 5.75 Å². The molecule has 9 nitrogen and oxygen atoms in total. The third kappa shape index (κ3) is 3.34. The molecule has 1 aromatic rings. The molecule has 0 aromatic heterocycles. The van der Waals surface area contributed by atoms with E-state index in [9.17, 15) is 29.7 Å². The number of likely N-dealkylation sites (N-methyl/N-ethyl adjacent to an activating group) is 1. The van der Waals surface area contributed by atoms with E-state index in [1.165, 1.54) is 4.90 Å². The zero-order chi connectivity index (χ0) is 23.5. The Bertz CT molecular complexity index is 1110. The van der Waals surface area contributed by atoms with Crippen LogP contribution in [-0.4, -0.2) is 70.0 Å². The van der Waals surface area contributed by atoms with Crippen LogP contribution in [0.4, 0.5) is 0 Å². The number of primary amides is 1. The Morgan fingerprint density at radius 1 is 1.27 bits per heavy atom. The first-order valence-corrected chi connectivity index (χ1v) is 10.4. The quantitative estimate of drug-likeness (QED) is 0.469. The number of hydrogen-bond donors (Lipinski definition) is 4. The van der Waals surface area contributed by atoms with Gasteiger partial charge in [0.15, 0.2) is 11.4 Å². The SMILES string of the molecule is CCOc1cccc2c1C(O)=C1C(=O)C3(O)C(O)=C(C(N)=O)C(=O)C(N(C)C)C3CC1C2.Cl. The Morgan fingerprint density at radius 2 is 1.94 bits per heavy atom. The van der Waals surface area contributed by atoms with Gasteiger partial charge in [-0.05, 0) is 51.4 Å². The number of benzene rings is 1. The predicted octanol–water partition coefficient (Wildman–Crippen LogP) is 1.08. The van der Waals surface area contributed by atoms with Crippen molar-refractivity contribution in [1.29, 1.82) is 0 Å². The summed E-state index contributed by atoms with van der Waals surface area (Å²) in [4.78, 5) is 40.1. The largest absolute Gasteiger partial charge is 0.508 e. The average molecular weight is 479 g/mol. The smallest absolute Gasteiger partial charge is 0.255 e. The van der Waals surface area contributed by atoms with Crippen LogP contribution in [0.25, 0.3) is 5.76 Å². The molecule has 1 amide bonds. The van der Waals surface area contributed by atoms with Crippen LogP contribution in [0.2, 0.25) is 0 Å². The van der Waals surface area contributed by atoms with Crippen LogP contribution in [0.1, 0.15) is 24.5 Å². The molecule has 1 fully saturated rings. The van der Waals surface area contributed by atoms with Crippen LogP contribution in [-0.2, 0) is 20.8 Å². The number of aliphatic hydroxyl groups excluding tert-OH is 2. The van der Waals surface area contributed by atoms with Crippen LogP contribution in [0.5, 0.6) is 5.75 Å². The van der Waals surface area contributed by atoms with Crippen molar-refractivity contribution in [3.63, 3.8) is 0 Å². The summed E-state index contributed by atoms with van der Waals surface area (Å²) in [5, 5.41) is 33.5. The van der Waals surface area contributed by atoms with E-state index >= 15 is 0 Å². The molecule has 0 radical (unpaired) electrons. The van der Waals surface area contributed by atoms with Gasteiger partial charge in [-0.1, -0.05) is 12.1 Å². The molecular weight excluding hydrogens is 452 g/mol. The summed E-state index contributed by atoms with van der Waals surface area (Å²) in [5.74, 6) is -5.41. The molecule has 4 atom stereocenters. The lowest BCUT2D eigenvalue weighted by Crippen LogP contribution is -2.65. The summed E-state index contributed by atoms with van der Waals surface area (Å²) < 4.78 is 5.61. The molecular formula is C23H27ClN2O7. The lowest BCUT2D eigenvalue weighted by molar-refractivity contribution is -0.153. The number of aliphatic hydroxyl groups is 3. The molecule has 0 heterocycles. The summed E-state index contributed by atoms with van der Waals surface area (Å²) in [6.07, 6.45) is 0.514. The predicted molar refractivity (Wildman–Crippen MR) is 121 cm³/mol. The highest BCUT2D eigenvalue weighted by Gasteiger charge is 2.64. The first-order chi connectivity index (χ1) is 15.0. The van der Waals surface area contributed by atoms with Gasteiger partial charge in [-0.2, -0.15) is 0 Å². The number of ketones is 2. The molecule has 1 aromatic carbocycles. The number of halogens is 1. The van der Waals surface area contributed by atoms with E-state index < -0.39 is 52.3 Å². The standard InChI is InChI=1S/C23H26N2O7.ClH/c1-4-32-13-7-5-6-10-8-11-9-12-17(25(2)3)19(27)16(22(24)30)21(29)23(12,31)20(28)15(11)18(26)14(10)13;/h5-7,11-12,17,26,29,31H,4,8-9H2,1-3H3,(H2,24,30);1H. The molecule has 10 heteroatoms. The molecule has 4 rings (SSSR count). The molecule has 1 saturated carbocycles. The molecule has 5 N–H and O–H groups in total. The maximum Gasteiger partial charge on any atom is 0.255 e. The fourth-order valence-corrected chi connectivity index (χ4v) is 5.44. The van der Waals surface area contributed by atoms with Crippen molar-refractivity contribution >= 4 is 35.6 Å². The molecule has 0 bridgehead atoms. The Balaban J connectivity index is 0.00000306. The topological polar surface area (TPSA) is 150 Å². The van der Waals surface area contributed by atoms with Gasteiger partial charge in [0.1, 0.15) is 22.8 Å². The Labute approximate surface area is 196 Å². The second-order valence-electron chi connectivity index (χ2n) is 8.68. The van der Waals surface area contributed by atoms with Gasteiger partial charge in [0.25, 0.3) is 5.91 Å². The monoisotopic (exact) mass is 478 g/mol. The summed E-state index contributed by atoms with van der Waals surface area (Å²) >= 11 is 0. The summed E-state index contributed by atoms with van der Waals surface area (Å²) in [6.45, 7) is 2.14. The summed E-state index contributed by atoms with van der Waals surface area (Å²) in [6, 6.07) is 4.24. The highest BCUT2D eigenvalue weighted by atomic mass is 35.5. The molecule has 0 spiro atoms. The van der Waals surface area contributed by atoms with Gasteiger partial charge in [0.2, 0.25) is 5.78 Å². The normalized spacial score (nSPS) is 28.7. The van der Waals surface area contributed by atoms with Crippen molar-refractivity contribution in [2.45, 2.75) is 31.4 Å². The van der Waals surface area contributed by atoms with E-state index in [1.54, 1.807) is 33.2 Å². The maximum atomic E-state index is 13.7. The van der Waals surface area contributed by atoms with Gasteiger partial charge in [0.05, 0.1) is 18.2 Å². The van der Waals surface area contributed by atoms with Gasteiger partial charge in [-0.25, -0.2) is 0 Å². The van der Waals surface area contributed by atoms with Crippen molar-refractivity contribution < 1.29 is 34.4 Å². The first-order valence-electron chi connectivity index (χ1n) is 10.4. The van der Waals surface area contributed by atoms with Gasteiger partial charge in [-0.15, -0.1) is 12.4 Å². The minimum atomic E-state index is -2.56. The molecule has 0 aliphatic heterocycles. The minimum Gasteiger partial charge on any atom is -0.508 e. The Kier molecular flexibility index (Phi) is 6.36. The lowest BCUT2D eigenvalue weighted by Gasteiger charge is -2.50. The van der Waals surface area contributed by atoms with Gasteiger partial charge < -0.3 is 25.8 Å². The van der Waals surface area contributed by atoms with E-state index in [0.29, 0.717) is 24.3 Å². The Morgan fingerprint density at radius 3 is 2.52 bits per heavy atom. The zero-order valence-electron chi connectivity index (χ0n) is 18.5. The lowest BCUT2D eigenvalue weighted by atomic mass is 9.57. The summed E-state index contributed by atoms with van der Waals surface area (Å²) in [5.41, 5.74) is 3.06. The molecule has 33 heavy (non-hydrogen) atoms. The number of fused-ring (bicyclic) bond motifs is 3. The number of amides is 1. The minimum absolute atomic E-state index is 0. The fraction of sp³-hybridized carbons (Fsp3) is 0.435. The average Bonchev–Trinajstić information content (AvgIpc) is 2.70. The number of nitrogens with two attached hydrogens (primary N) is 1. The number of Topliss-reactive ketones (excluding diaryl/α,β-unsaturated/α-hetero) is 2. The van der Waals surface area contributed by atoms with Gasteiger partial charge in [0, 0.05) is 11.5 Å². The molecule has 0 saturated heterocycles. The molecule has 3 aliphatic carbocycles. The highest BCUT2D eigenvalue weighted by molar-refractivity contribution is 6.24. The number of carbonyl (C=O) groups is 3. The van der Waals surface area contributed by atoms with Crippen LogP contribution < -0.4 is 10.5 Å². The van der Waals surface area contributed by atoms with Crippen molar-refractivity contribution in [3.05, 3.63) is 46.2 Å². The fourth-order valence-electron chi connectivity index (χ4n) is 5.44. The van der Waals surface area contributed by atoms with Crippen LogP contribution in [0, 0.1) is 11.8 Å². The van der Waals surface area contributed by atoms with Crippen molar-refractivity contribution in [1.82, 2.24) is 4.90 Å². The number of hydrogen-bond acceptors (Lipinski definition) is 8.